The monoisotopic (exact) mass is 690 g/mol. The van der Waals surface area contributed by atoms with Crippen LogP contribution in [0.4, 0.5) is 19.0 Å². The van der Waals surface area contributed by atoms with Gasteiger partial charge >= 0.3 is 6.18 Å². The molecule has 0 bridgehead atoms. The van der Waals surface area contributed by atoms with Crippen molar-refractivity contribution in [3.8, 4) is 28.4 Å². The molecule has 11 nitrogen and oxygen atoms in total. The van der Waals surface area contributed by atoms with Crippen LogP contribution in [0.25, 0.3) is 33.8 Å². The third-order valence-electron chi connectivity index (χ3n) is 6.62. The lowest BCUT2D eigenvalue weighted by Gasteiger charge is -2.09. The van der Waals surface area contributed by atoms with Crippen molar-refractivity contribution in [2.45, 2.75) is 6.18 Å². The number of halogens is 5. The molecule has 1 N–H and O–H groups in total. The van der Waals surface area contributed by atoms with Gasteiger partial charge in [-0.15, -0.1) is 5.10 Å². The Bertz CT molecular complexity index is 2290. The summed E-state index contributed by atoms with van der Waals surface area (Å²) in [5.74, 6) is -0.722. The molecule has 240 valence electrons. The van der Waals surface area contributed by atoms with Crippen LogP contribution in [-0.2, 0) is 11.0 Å². The van der Waals surface area contributed by atoms with E-state index in [9.17, 15) is 22.8 Å². The zero-order valence-corrected chi connectivity index (χ0v) is 25.6. The molecular weight excluding hydrogens is 672 g/mol. The van der Waals surface area contributed by atoms with Crippen LogP contribution in [0.1, 0.15) is 16.2 Å². The molecule has 2 aromatic carbocycles. The van der Waals surface area contributed by atoms with Gasteiger partial charge in [-0.1, -0.05) is 53.5 Å². The van der Waals surface area contributed by atoms with Crippen molar-refractivity contribution in [3.05, 3.63) is 125 Å². The van der Waals surface area contributed by atoms with E-state index in [0.717, 1.165) is 29.0 Å². The van der Waals surface area contributed by atoms with Gasteiger partial charge in [0.25, 0.3) is 12.4 Å². The minimum Gasteiger partial charge on any atom is -0.408 e. The second-order valence-corrected chi connectivity index (χ2v) is 10.7. The van der Waals surface area contributed by atoms with Crippen molar-refractivity contribution in [1.82, 2.24) is 34.2 Å². The Morgan fingerprint density at radius 2 is 1.35 bits per heavy atom. The Morgan fingerprint density at radius 3 is 1.94 bits per heavy atom. The quantitative estimate of drug-likeness (QED) is 0.180. The molecule has 0 aliphatic heterocycles. The van der Waals surface area contributed by atoms with E-state index in [1.54, 1.807) is 59.4 Å². The highest BCUT2D eigenvalue weighted by atomic mass is 35.5. The smallest absolute Gasteiger partial charge is 0.408 e. The second kappa shape index (κ2) is 13.5. The van der Waals surface area contributed by atoms with E-state index in [1.807, 2.05) is 24.3 Å². The van der Waals surface area contributed by atoms with Gasteiger partial charge < -0.3 is 10.1 Å². The number of carbonyl (C=O) groups excluding carboxylic acids is 2. The fraction of sp³-hybridized carbons (Fsp3) is 0.0312. The summed E-state index contributed by atoms with van der Waals surface area (Å²) in [6, 6.07) is 24.0. The number of aromatic nitrogens is 7. The number of fused-ring (bicyclic) bond motifs is 2. The highest BCUT2D eigenvalue weighted by Gasteiger charge is 2.32. The van der Waals surface area contributed by atoms with Crippen molar-refractivity contribution in [2.24, 2.45) is 0 Å². The average molecular weight is 691 g/mol. The second-order valence-electron chi connectivity index (χ2n) is 9.81. The van der Waals surface area contributed by atoms with Crippen LogP contribution in [-0.4, -0.2) is 46.6 Å². The molecule has 0 fully saturated rings. The van der Waals surface area contributed by atoms with Crippen LogP contribution in [0.2, 0.25) is 10.0 Å². The molecule has 5 aromatic heterocycles. The molecule has 0 aliphatic carbocycles. The molecule has 0 saturated heterocycles. The van der Waals surface area contributed by atoms with Crippen LogP contribution < -0.4 is 10.1 Å². The lowest BCUT2D eigenvalue weighted by molar-refractivity contribution is -0.141. The molecule has 48 heavy (non-hydrogen) atoms. The molecule has 0 aliphatic rings. The van der Waals surface area contributed by atoms with E-state index >= 15 is 0 Å². The van der Waals surface area contributed by atoms with Gasteiger partial charge in [0.05, 0.1) is 23.8 Å². The Balaban J connectivity index is 0.000000182. The Kier molecular flexibility index (Phi) is 9.01. The van der Waals surface area contributed by atoms with E-state index in [2.05, 4.69) is 30.5 Å². The number of imidazole rings is 2. The summed E-state index contributed by atoms with van der Waals surface area (Å²) < 4.78 is 46.2. The lowest BCUT2D eigenvalue weighted by Crippen LogP contribution is -2.17. The first-order valence-electron chi connectivity index (χ1n) is 13.8. The maximum atomic E-state index is 12.8. The van der Waals surface area contributed by atoms with E-state index in [1.165, 1.54) is 16.6 Å². The normalized spacial score (nSPS) is 11.2. The summed E-state index contributed by atoms with van der Waals surface area (Å²) in [6.07, 6.45) is -1.33. The number of hydrogen-bond acceptors (Lipinski definition) is 8. The van der Waals surface area contributed by atoms with Crippen LogP contribution in [0, 0.1) is 0 Å². The molecule has 7 rings (SSSR count). The van der Waals surface area contributed by atoms with Gasteiger partial charge in [0.1, 0.15) is 17.2 Å². The van der Waals surface area contributed by atoms with Crippen molar-refractivity contribution in [2.75, 3.05) is 5.32 Å². The summed E-state index contributed by atoms with van der Waals surface area (Å²) in [5.41, 5.74) is 3.05. The minimum absolute atomic E-state index is 0.0158. The predicted molar refractivity (Wildman–Crippen MR) is 171 cm³/mol. The van der Waals surface area contributed by atoms with Gasteiger partial charge in [-0.3, -0.25) is 9.59 Å². The molecule has 0 atom stereocenters. The standard InChI is InChI=1S/C19H11ClF3N5O.C13H8ClN3O2/c20-12-4-1-3-11(9-12)14-10-24-17-8-7-13(27-28(14)17)18(29)26-16-6-2-5-15(25-16)19(21,22)23;14-10-3-1-2-9(6-10)11-7-15-12-4-5-13(19-8-18)16-17(11)12/h1-10H,(H,25,26,29);1-8H. The molecule has 0 spiro atoms. The number of pyridine rings is 1. The van der Waals surface area contributed by atoms with Gasteiger partial charge in [0, 0.05) is 27.2 Å². The first-order valence-corrected chi connectivity index (χ1v) is 14.5. The van der Waals surface area contributed by atoms with Crippen LogP contribution >= 0.6 is 23.2 Å². The van der Waals surface area contributed by atoms with Gasteiger partial charge in [0.2, 0.25) is 5.88 Å². The third-order valence-corrected chi connectivity index (χ3v) is 7.09. The van der Waals surface area contributed by atoms with Crippen LogP contribution in [0.3, 0.4) is 0 Å². The summed E-state index contributed by atoms with van der Waals surface area (Å²) in [6.45, 7) is 0.337. The Labute approximate surface area is 278 Å². The maximum absolute atomic E-state index is 12.8. The average Bonchev–Trinajstić information content (AvgIpc) is 3.69. The molecule has 5 heterocycles. The Morgan fingerprint density at radius 1 is 0.771 bits per heavy atom. The zero-order chi connectivity index (χ0) is 33.8. The van der Waals surface area contributed by atoms with E-state index in [-0.39, 0.29) is 17.4 Å². The maximum Gasteiger partial charge on any atom is 0.433 e. The number of alkyl halides is 3. The molecule has 1 amide bonds. The largest absolute Gasteiger partial charge is 0.433 e. The molecular formula is C32H19Cl2F3N8O3. The number of ether oxygens (including phenoxy) is 1. The van der Waals surface area contributed by atoms with Gasteiger partial charge in [-0.25, -0.2) is 24.0 Å². The van der Waals surface area contributed by atoms with E-state index < -0.39 is 17.8 Å². The number of benzene rings is 2. The number of hydrogen-bond donors (Lipinski definition) is 1. The number of anilines is 1. The predicted octanol–water partition coefficient (Wildman–Crippen LogP) is 7.30. The number of amides is 1. The third kappa shape index (κ3) is 7.09. The lowest BCUT2D eigenvalue weighted by atomic mass is 10.2. The number of rotatable bonds is 6. The van der Waals surface area contributed by atoms with Crippen LogP contribution in [0.5, 0.6) is 5.88 Å². The Hall–Kier alpha value is -5.86. The number of carbonyl (C=O) groups is 2. The van der Waals surface area contributed by atoms with Crippen molar-refractivity contribution < 1.29 is 27.5 Å². The fourth-order valence-corrected chi connectivity index (χ4v) is 4.88. The van der Waals surface area contributed by atoms with Crippen molar-refractivity contribution in [1.29, 1.82) is 0 Å². The summed E-state index contributed by atoms with van der Waals surface area (Å²) >= 11 is 12.0. The molecule has 0 unspecified atom stereocenters. The van der Waals surface area contributed by atoms with Crippen molar-refractivity contribution in [3.63, 3.8) is 0 Å². The molecule has 16 heteroatoms. The highest BCUT2D eigenvalue weighted by Crippen LogP contribution is 2.29. The molecule has 0 radical (unpaired) electrons. The summed E-state index contributed by atoms with van der Waals surface area (Å²) in [4.78, 5) is 34.7. The van der Waals surface area contributed by atoms with E-state index in [4.69, 9.17) is 27.9 Å². The van der Waals surface area contributed by atoms with Crippen molar-refractivity contribution >= 4 is 52.7 Å². The van der Waals surface area contributed by atoms with Gasteiger partial charge in [0.15, 0.2) is 11.3 Å². The first kappa shape index (κ1) is 32.1. The van der Waals surface area contributed by atoms with Gasteiger partial charge in [-0.2, -0.15) is 18.3 Å². The minimum atomic E-state index is -4.61. The highest BCUT2D eigenvalue weighted by molar-refractivity contribution is 6.31. The molecule has 7 aromatic rings. The first-order chi connectivity index (χ1) is 23.1. The fourth-order valence-electron chi connectivity index (χ4n) is 4.49. The van der Waals surface area contributed by atoms with E-state index in [0.29, 0.717) is 33.5 Å². The van der Waals surface area contributed by atoms with Gasteiger partial charge in [-0.05, 0) is 54.6 Å². The SMILES string of the molecule is O=C(Nc1cccc(C(F)(F)F)n1)c1ccc2ncc(-c3cccc(Cl)c3)n2n1.O=COc1ccc2ncc(-c3cccc(Cl)c3)n2n1. The topological polar surface area (TPSA) is 129 Å². The number of nitrogens with one attached hydrogen (secondary N) is 1. The number of nitrogens with zero attached hydrogens (tertiary/aromatic N) is 7. The summed E-state index contributed by atoms with van der Waals surface area (Å²) in [5, 5.41) is 11.9. The van der Waals surface area contributed by atoms with Crippen LogP contribution in [0.15, 0.2) is 103 Å². The molecule has 0 saturated carbocycles. The summed E-state index contributed by atoms with van der Waals surface area (Å²) in [7, 11) is 0. The zero-order valence-electron chi connectivity index (χ0n) is 24.1.